The summed E-state index contributed by atoms with van der Waals surface area (Å²) in [6.45, 7) is 2.52. The number of nitrogens with zero attached hydrogens (tertiary/aromatic N) is 4. The highest BCUT2D eigenvalue weighted by Crippen LogP contribution is 2.09. The van der Waals surface area contributed by atoms with Crippen molar-refractivity contribution < 1.29 is 4.79 Å². The zero-order valence-corrected chi connectivity index (χ0v) is 10.4. The fourth-order valence-electron chi connectivity index (χ4n) is 1.76. The second-order valence-corrected chi connectivity index (χ2v) is 4.17. The van der Waals surface area contributed by atoms with Gasteiger partial charge in [0.2, 0.25) is 0 Å². The summed E-state index contributed by atoms with van der Waals surface area (Å²) in [5.74, 6) is -0.229. The Morgan fingerprint density at radius 3 is 2.89 bits per heavy atom. The molecule has 2 aromatic heterocycles. The summed E-state index contributed by atoms with van der Waals surface area (Å²) >= 11 is 0. The minimum absolute atomic E-state index is 0.0494. The number of carbonyl (C=O) groups is 1. The van der Waals surface area contributed by atoms with Gasteiger partial charge in [0.1, 0.15) is 5.69 Å². The third kappa shape index (κ3) is 2.50. The van der Waals surface area contributed by atoms with Crippen LogP contribution < -0.4 is 11.1 Å². The van der Waals surface area contributed by atoms with E-state index in [4.69, 9.17) is 5.73 Å². The molecule has 0 fully saturated rings. The first-order valence-corrected chi connectivity index (χ1v) is 5.63. The number of hydrogen-bond acceptors (Lipinski definition) is 4. The highest BCUT2D eigenvalue weighted by Gasteiger charge is 2.16. The maximum absolute atomic E-state index is 12.0. The van der Waals surface area contributed by atoms with Gasteiger partial charge in [0.15, 0.2) is 0 Å². The lowest BCUT2D eigenvalue weighted by atomic mass is 10.3. The van der Waals surface area contributed by atoms with Gasteiger partial charge in [-0.2, -0.15) is 10.2 Å². The van der Waals surface area contributed by atoms with Gasteiger partial charge in [-0.3, -0.25) is 14.2 Å². The minimum Gasteiger partial charge on any atom is -0.396 e. The van der Waals surface area contributed by atoms with E-state index in [1.807, 2.05) is 19.2 Å². The lowest BCUT2D eigenvalue weighted by molar-refractivity contribution is 0.0927. The molecule has 1 amide bonds. The monoisotopic (exact) mass is 248 g/mol. The van der Waals surface area contributed by atoms with Crippen LogP contribution in [0.5, 0.6) is 0 Å². The molecule has 0 saturated carbocycles. The number of amides is 1. The number of anilines is 1. The predicted octanol–water partition coefficient (Wildman–Crippen LogP) is 0.0173. The minimum atomic E-state index is -0.229. The zero-order valence-electron chi connectivity index (χ0n) is 10.4. The highest BCUT2D eigenvalue weighted by molar-refractivity contribution is 5.97. The number of aromatic nitrogens is 4. The fraction of sp³-hybridized carbons (Fsp3) is 0.364. The van der Waals surface area contributed by atoms with Crippen LogP contribution in [0, 0.1) is 0 Å². The van der Waals surface area contributed by atoms with Crippen molar-refractivity contribution in [2.75, 3.05) is 5.73 Å². The quantitative estimate of drug-likeness (QED) is 0.798. The van der Waals surface area contributed by atoms with Crippen molar-refractivity contribution in [1.82, 2.24) is 24.9 Å². The van der Waals surface area contributed by atoms with E-state index in [2.05, 4.69) is 15.5 Å². The molecular weight excluding hydrogens is 232 g/mol. The Labute approximate surface area is 105 Å². The van der Waals surface area contributed by atoms with E-state index in [0.29, 0.717) is 17.9 Å². The van der Waals surface area contributed by atoms with Gasteiger partial charge < -0.3 is 11.1 Å². The molecule has 1 unspecified atom stereocenters. The Kier molecular flexibility index (Phi) is 3.31. The molecule has 7 nitrogen and oxygen atoms in total. The maximum Gasteiger partial charge on any atom is 0.271 e. The summed E-state index contributed by atoms with van der Waals surface area (Å²) in [6, 6.07) is 1.79. The third-order valence-corrected chi connectivity index (χ3v) is 2.58. The molecule has 2 aromatic rings. The van der Waals surface area contributed by atoms with Crippen molar-refractivity contribution in [1.29, 1.82) is 0 Å². The van der Waals surface area contributed by atoms with Crippen LogP contribution >= 0.6 is 0 Å². The number of aryl methyl sites for hydroxylation is 1. The molecule has 0 saturated heterocycles. The lowest BCUT2D eigenvalue weighted by Crippen LogP contribution is -2.37. The Hall–Kier alpha value is -2.31. The summed E-state index contributed by atoms with van der Waals surface area (Å²) in [4.78, 5) is 12.0. The van der Waals surface area contributed by atoms with E-state index in [9.17, 15) is 4.79 Å². The number of nitrogens with two attached hydrogens (primary N) is 1. The molecule has 0 aliphatic heterocycles. The van der Waals surface area contributed by atoms with Crippen LogP contribution in [-0.2, 0) is 13.6 Å². The van der Waals surface area contributed by atoms with Crippen LogP contribution in [0.1, 0.15) is 17.4 Å². The summed E-state index contributed by atoms with van der Waals surface area (Å²) in [7, 11) is 1.68. The van der Waals surface area contributed by atoms with Gasteiger partial charge in [-0.1, -0.05) is 0 Å². The first kappa shape index (κ1) is 12.2. The number of carbonyl (C=O) groups excluding carboxylic acids is 1. The molecule has 0 aliphatic rings. The van der Waals surface area contributed by atoms with Crippen molar-refractivity contribution in [3.63, 3.8) is 0 Å². The summed E-state index contributed by atoms with van der Waals surface area (Å²) in [5, 5.41) is 10.9. The molecule has 18 heavy (non-hydrogen) atoms. The van der Waals surface area contributed by atoms with Crippen LogP contribution in [-0.4, -0.2) is 31.5 Å². The van der Waals surface area contributed by atoms with Gasteiger partial charge in [0.25, 0.3) is 5.91 Å². The number of hydrogen-bond donors (Lipinski definition) is 2. The van der Waals surface area contributed by atoms with Gasteiger partial charge in [-0.05, 0) is 13.0 Å². The number of rotatable bonds is 4. The van der Waals surface area contributed by atoms with Gasteiger partial charge in [0, 0.05) is 25.5 Å². The Balaban J connectivity index is 1.99. The largest absolute Gasteiger partial charge is 0.396 e. The maximum atomic E-state index is 12.0. The van der Waals surface area contributed by atoms with E-state index in [1.54, 1.807) is 17.9 Å². The van der Waals surface area contributed by atoms with Crippen molar-refractivity contribution in [3.05, 3.63) is 30.4 Å². The molecule has 7 heteroatoms. The highest BCUT2D eigenvalue weighted by atomic mass is 16.2. The molecule has 96 valence electrons. The molecule has 3 N–H and O–H groups in total. The first-order valence-electron chi connectivity index (χ1n) is 5.63. The Morgan fingerprint density at radius 2 is 2.33 bits per heavy atom. The second kappa shape index (κ2) is 4.91. The SMILES string of the molecule is CC(Cn1cccn1)NC(=O)c1c(N)cnn1C. The van der Waals surface area contributed by atoms with Gasteiger partial charge in [-0.15, -0.1) is 0 Å². The molecule has 0 spiro atoms. The smallest absolute Gasteiger partial charge is 0.271 e. The van der Waals surface area contributed by atoms with E-state index in [1.165, 1.54) is 10.9 Å². The normalized spacial score (nSPS) is 12.3. The van der Waals surface area contributed by atoms with Crippen LogP contribution in [0.4, 0.5) is 5.69 Å². The predicted molar refractivity (Wildman–Crippen MR) is 66.8 cm³/mol. The molecular formula is C11H16N6O. The molecule has 1 atom stereocenters. The molecule has 0 bridgehead atoms. The van der Waals surface area contributed by atoms with Crippen LogP contribution in [0.25, 0.3) is 0 Å². The standard InChI is InChI=1S/C11H16N6O/c1-8(7-17-5-3-4-13-17)15-11(18)10-9(12)6-14-16(10)2/h3-6,8H,7,12H2,1-2H3,(H,15,18). The fourth-order valence-corrected chi connectivity index (χ4v) is 1.76. The van der Waals surface area contributed by atoms with E-state index in [-0.39, 0.29) is 11.9 Å². The Morgan fingerprint density at radius 1 is 1.56 bits per heavy atom. The van der Waals surface area contributed by atoms with Crippen molar-refractivity contribution in [2.24, 2.45) is 7.05 Å². The molecule has 0 radical (unpaired) electrons. The number of nitrogens with one attached hydrogen (secondary N) is 1. The van der Waals surface area contributed by atoms with Crippen LogP contribution in [0.3, 0.4) is 0 Å². The van der Waals surface area contributed by atoms with E-state index < -0.39 is 0 Å². The lowest BCUT2D eigenvalue weighted by Gasteiger charge is -2.14. The molecule has 0 aromatic carbocycles. The van der Waals surface area contributed by atoms with Gasteiger partial charge in [0.05, 0.1) is 18.4 Å². The topological polar surface area (TPSA) is 90.8 Å². The molecule has 2 rings (SSSR count). The van der Waals surface area contributed by atoms with Gasteiger partial charge in [-0.25, -0.2) is 0 Å². The Bertz CT molecular complexity index is 510. The van der Waals surface area contributed by atoms with Crippen LogP contribution in [0.2, 0.25) is 0 Å². The average Bonchev–Trinajstić information content (AvgIpc) is 2.89. The summed E-state index contributed by atoms with van der Waals surface area (Å²) in [6.07, 6.45) is 5.02. The third-order valence-electron chi connectivity index (χ3n) is 2.58. The molecule has 2 heterocycles. The van der Waals surface area contributed by atoms with E-state index in [0.717, 1.165) is 0 Å². The average molecular weight is 248 g/mol. The number of nitrogen functional groups attached to an aromatic ring is 1. The van der Waals surface area contributed by atoms with Gasteiger partial charge >= 0.3 is 0 Å². The summed E-state index contributed by atoms with van der Waals surface area (Å²) in [5.41, 5.74) is 6.45. The van der Waals surface area contributed by atoms with Crippen molar-refractivity contribution >= 4 is 11.6 Å². The van der Waals surface area contributed by atoms with Crippen molar-refractivity contribution in [3.8, 4) is 0 Å². The second-order valence-electron chi connectivity index (χ2n) is 4.17. The first-order chi connectivity index (χ1) is 8.58. The van der Waals surface area contributed by atoms with E-state index >= 15 is 0 Å². The molecule has 0 aliphatic carbocycles. The summed E-state index contributed by atoms with van der Waals surface area (Å²) < 4.78 is 3.23. The zero-order chi connectivity index (χ0) is 13.1. The van der Waals surface area contributed by atoms with Crippen molar-refractivity contribution in [2.45, 2.75) is 19.5 Å². The van der Waals surface area contributed by atoms with Crippen LogP contribution in [0.15, 0.2) is 24.7 Å².